The fourth-order valence-corrected chi connectivity index (χ4v) is 3.40. The monoisotopic (exact) mass is 403 g/mol. The number of benzene rings is 2. The second-order valence-electron chi connectivity index (χ2n) is 6.18. The molecule has 0 atom stereocenters. The minimum absolute atomic E-state index is 0.245. The number of azo groups is 2. The largest absolute Gasteiger partial charge is 0.301 e. The molecule has 2 aromatic heterocycles. The van der Waals surface area contributed by atoms with Gasteiger partial charge in [-0.2, -0.15) is 9.80 Å². The minimum Gasteiger partial charge on any atom is -0.291 e. The van der Waals surface area contributed by atoms with Gasteiger partial charge in [-0.3, -0.25) is 9.89 Å². The van der Waals surface area contributed by atoms with Gasteiger partial charge >= 0.3 is 5.56 Å². The Morgan fingerprint density at radius 3 is 2.07 bits per heavy atom. The van der Waals surface area contributed by atoms with Gasteiger partial charge in [-0.05, 0) is 38.1 Å². The summed E-state index contributed by atoms with van der Waals surface area (Å²) < 4.78 is 1.36. The highest BCUT2D eigenvalue weighted by Crippen LogP contribution is 2.31. The molecule has 0 unspecified atom stereocenters. The van der Waals surface area contributed by atoms with E-state index >= 15 is 0 Å². The first-order chi connectivity index (χ1) is 14.1. The smallest absolute Gasteiger partial charge is 0.291 e. The molecule has 2 heterocycles. The molecule has 4 rings (SSSR count). The molecule has 144 valence electrons. The molecule has 4 aromatic rings. The van der Waals surface area contributed by atoms with Crippen LogP contribution < -0.4 is 5.56 Å². The summed E-state index contributed by atoms with van der Waals surface area (Å²) in [6, 6.07) is 18.7. The Hall–Kier alpha value is -3.72. The molecular formula is C20H17N7OS. The van der Waals surface area contributed by atoms with E-state index in [1.54, 1.807) is 6.92 Å². The number of hydrogen-bond donors (Lipinski definition) is 1. The van der Waals surface area contributed by atoms with Gasteiger partial charge in [0.25, 0.3) is 0 Å². The number of aromatic amines is 1. The Labute approximate surface area is 170 Å². The maximum Gasteiger partial charge on any atom is 0.301 e. The third-order valence-electron chi connectivity index (χ3n) is 4.03. The number of nitrogens with one attached hydrogen (secondary N) is 1. The Bertz CT molecular complexity index is 1240. The van der Waals surface area contributed by atoms with Crippen LogP contribution in [0.2, 0.25) is 0 Å². The molecule has 0 aliphatic heterocycles. The van der Waals surface area contributed by atoms with Crippen LogP contribution in [0.25, 0.3) is 5.13 Å². The number of aryl methyl sites for hydroxylation is 2. The van der Waals surface area contributed by atoms with Gasteiger partial charge in [-0.1, -0.05) is 47.7 Å². The normalized spacial score (nSPS) is 11.7. The average molecular weight is 403 g/mol. The molecule has 0 radical (unpaired) electrons. The van der Waals surface area contributed by atoms with Crippen LogP contribution in [0.5, 0.6) is 0 Å². The van der Waals surface area contributed by atoms with E-state index in [1.807, 2.05) is 67.6 Å². The Kier molecular flexibility index (Phi) is 5.21. The summed E-state index contributed by atoms with van der Waals surface area (Å²) in [7, 11) is 0. The molecule has 8 nitrogen and oxygen atoms in total. The lowest BCUT2D eigenvalue weighted by Crippen LogP contribution is -2.13. The quantitative estimate of drug-likeness (QED) is 0.409. The van der Waals surface area contributed by atoms with E-state index in [9.17, 15) is 4.79 Å². The highest BCUT2D eigenvalue weighted by atomic mass is 32.1. The second-order valence-corrected chi connectivity index (χ2v) is 7.14. The molecule has 0 aliphatic carbocycles. The first-order valence-corrected chi connectivity index (χ1v) is 9.66. The topological polar surface area (TPSA) is 100 Å². The predicted molar refractivity (Wildman–Crippen MR) is 113 cm³/mol. The summed E-state index contributed by atoms with van der Waals surface area (Å²) in [5.74, 6) is 0. The number of thiazole rings is 1. The molecule has 0 bridgehead atoms. The van der Waals surface area contributed by atoms with Crippen molar-refractivity contribution in [3.05, 3.63) is 82.4 Å². The summed E-state index contributed by atoms with van der Waals surface area (Å²) in [6.07, 6.45) is 0. The van der Waals surface area contributed by atoms with Crippen molar-refractivity contribution in [2.24, 2.45) is 20.5 Å². The van der Waals surface area contributed by atoms with Crippen molar-refractivity contribution in [3.8, 4) is 5.13 Å². The van der Waals surface area contributed by atoms with Crippen molar-refractivity contribution in [1.29, 1.82) is 0 Å². The van der Waals surface area contributed by atoms with Crippen LogP contribution in [0.1, 0.15) is 11.4 Å². The van der Waals surface area contributed by atoms with Gasteiger partial charge in [0.1, 0.15) is 0 Å². The lowest BCUT2D eigenvalue weighted by Gasteiger charge is -1.92. The molecule has 0 fully saturated rings. The fraction of sp³-hybridized carbons (Fsp3) is 0.100. The molecule has 0 saturated carbocycles. The molecule has 29 heavy (non-hydrogen) atoms. The first-order valence-electron chi connectivity index (χ1n) is 8.85. The SMILES string of the molecule is Cc1nc(-n2[nH]c(C)c(N=Nc3ccccc3)c2=O)sc1N=Nc1ccccc1. The van der Waals surface area contributed by atoms with Gasteiger partial charge in [-0.25, -0.2) is 4.98 Å². The van der Waals surface area contributed by atoms with Gasteiger partial charge < -0.3 is 0 Å². The van der Waals surface area contributed by atoms with E-state index in [4.69, 9.17) is 0 Å². The zero-order chi connectivity index (χ0) is 20.2. The third-order valence-corrected chi connectivity index (χ3v) is 5.05. The summed E-state index contributed by atoms with van der Waals surface area (Å²) in [6.45, 7) is 3.60. The lowest BCUT2D eigenvalue weighted by atomic mass is 10.3. The fourth-order valence-electron chi connectivity index (χ4n) is 2.55. The number of aromatic nitrogens is 3. The molecular weight excluding hydrogens is 386 g/mol. The maximum absolute atomic E-state index is 12.8. The number of rotatable bonds is 5. The van der Waals surface area contributed by atoms with Crippen molar-refractivity contribution in [2.75, 3.05) is 0 Å². The Morgan fingerprint density at radius 2 is 1.45 bits per heavy atom. The van der Waals surface area contributed by atoms with Crippen LogP contribution in [-0.2, 0) is 0 Å². The van der Waals surface area contributed by atoms with Gasteiger partial charge in [-0.15, -0.1) is 15.3 Å². The standard InChI is InChI=1S/C20H17N7OS/c1-13-17(24-22-15-9-5-3-6-10-15)19(28)27(26-13)20-21-14(2)18(29-20)25-23-16-11-7-4-8-12-16/h3-12,26H,1-2H3. The van der Waals surface area contributed by atoms with Crippen LogP contribution in [0.4, 0.5) is 22.1 Å². The van der Waals surface area contributed by atoms with Crippen LogP contribution in [0, 0.1) is 13.8 Å². The van der Waals surface area contributed by atoms with E-state index in [2.05, 4.69) is 30.5 Å². The summed E-state index contributed by atoms with van der Waals surface area (Å²) in [5, 5.41) is 20.8. The second kappa shape index (κ2) is 8.11. The van der Waals surface area contributed by atoms with E-state index in [0.29, 0.717) is 27.2 Å². The molecule has 0 amide bonds. The van der Waals surface area contributed by atoms with Crippen molar-refractivity contribution in [2.45, 2.75) is 13.8 Å². The van der Waals surface area contributed by atoms with Crippen LogP contribution in [-0.4, -0.2) is 14.8 Å². The van der Waals surface area contributed by atoms with Crippen molar-refractivity contribution in [1.82, 2.24) is 14.8 Å². The van der Waals surface area contributed by atoms with E-state index < -0.39 is 0 Å². The summed E-state index contributed by atoms with van der Waals surface area (Å²) in [5.41, 5.74) is 2.65. The first kappa shape index (κ1) is 18.6. The zero-order valence-electron chi connectivity index (χ0n) is 15.8. The minimum atomic E-state index is -0.317. The van der Waals surface area contributed by atoms with Crippen LogP contribution >= 0.6 is 11.3 Å². The molecule has 0 aliphatic rings. The third kappa shape index (κ3) is 4.09. The Morgan fingerprint density at radius 1 is 0.862 bits per heavy atom. The van der Waals surface area contributed by atoms with Crippen molar-refractivity contribution >= 4 is 33.4 Å². The van der Waals surface area contributed by atoms with Gasteiger partial charge in [0.15, 0.2) is 10.7 Å². The molecule has 1 N–H and O–H groups in total. The Balaban J connectivity index is 1.64. The van der Waals surface area contributed by atoms with Crippen LogP contribution in [0.3, 0.4) is 0 Å². The molecule has 0 spiro atoms. The van der Waals surface area contributed by atoms with Crippen molar-refractivity contribution < 1.29 is 0 Å². The zero-order valence-corrected chi connectivity index (χ0v) is 16.6. The lowest BCUT2D eigenvalue weighted by molar-refractivity contribution is 0.823. The van der Waals surface area contributed by atoms with Crippen LogP contribution in [0.15, 0.2) is 85.9 Å². The van der Waals surface area contributed by atoms with E-state index in [-0.39, 0.29) is 11.2 Å². The van der Waals surface area contributed by atoms with E-state index in [0.717, 1.165) is 5.69 Å². The van der Waals surface area contributed by atoms with Gasteiger partial charge in [0.2, 0.25) is 5.13 Å². The number of hydrogen-bond acceptors (Lipinski definition) is 7. The molecule has 0 saturated heterocycles. The average Bonchev–Trinajstić information content (AvgIpc) is 3.25. The van der Waals surface area contributed by atoms with Gasteiger partial charge in [0, 0.05) is 0 Å². The predicted octanol–water partition coefficient (Wildman–Crippen LogP) is 6.07. The molecule has 2 aromatic carbocycles. The highest BCUT2D eigenvalue weighted by Gasteiger charge is 2.16. The molecule has 9 heteroatoms. The number of H-pyrrole nitrogens is 1. The van der Waals surface area contributed by atoms with Gasteiger partial charge in [0.05, 0.1) is 22.8 Å². The maximum atomic E-state index is 12.8. The number of nitrogens with zero attached hydrogens (tertiary/aromatic N) is 6. The summed E-state index contributed by atoms with van der Waals surface area (Å²) in [4.78, 5) is 17.3. The van der Waals surface area contributed by atoms with Crippen molar-refractivity contribution in [3.63, 3.8) is 0 Å². The van der Waals surface area contributed by atoms with E-state index in [1.165, 1.54) is 16.0 Å². The summed E-state index contributed by atoms with van der Waals surface area (Å²) >= 11 is 1.27. The highest BCUT2D eigenvalue weighted by molar-refractivity contribution is 7.17.